The van der Waals surface area contributed by atoms with E-state index in [2.05, 4.69) is 27.4 Å². The van der Waals surface area contributed by atoms with Crippen LogP contribution >= 0.6 is 0 Å². The Morgan fingerprint density at radius 2 is 0.969 bits per heavy atom. The molecule has 0 unspecified atom stereocenters. The first-order valence-electron chi connectivity index (χ1n) is 8.08. The topological polar surface area (TPSA) is 74.2 Å². The number of aliphatic hydroxyl groups excluding tert-OH is 1. The average Bonchev–Trinajstić information content (AvgIpc) is 2.58. The van der Waals surface area contributed by atoms with Crippen LogP contribution in [0.3, 0.4) is 0 Å². The van der Waals surface area contributed by atoms with Gasteiger partial charge in [0, 0.05) is 20.3 Å². The highest BCUT2D eigenvalue weighted by Crippen LogP contribution is 2.23. The van der Waals surface area contributed by atoms with Gasteiger partial charge in [0.2, 0.25) is 0 Å². The molecule has 0 rings (SSSR count). The lowest BCUT2D eigenvalue weighted by molar-refractivity contribution is -0.0994. The third kappa shape index (κ3) is 47.0. The fourth-order valence-corrected chi connectivity index (χ4v) is 1.70. The molecule has 0 aliphatic heterocycles. The first-order valence-corrected chi connectivity index (χ1v) is 8.08. The number of carbonyl (C=O) groups is 1. The van der Waals surface area contributed by atoms with Crippen molar-refractivity contribution in [2.45, 2.75) is 94.0 Å². The number of hydrogen-bond donors (Lipinski definition) is 1. The molecule has 0 saturated heterocycles. The van der Waals surface area contributed by atoms with Gasteiger partial charge in [0.15, 0.2) is 0 Å². The lowest BCUT2D eigenvalue weighted by Crippen LogP contribution is -2.42. The Bertz CT molecular complexity index is 258. The summed E-state index contributed by atoms with van der Waals surface area (Å²) < 4.78 is 22.5. The van der Waals surface area contributed by atoms with Crippen molar-refractivity contribution in [3.05, 3.63) is 12.8 Å². The molecule has 0 spiro atoms. The van der Waals surface area contributed by atoms with Gasteiger partial charge in [-0.05, 0) is 19.3 Å². The largest absolute Gasteiger partial charge is 0.501 e. The van der Waals surface area contributed by atoms with Gasteiger partial charge in [-0.1, -0.05) is 86.8 Å². The van der Waals surface area contributed by atoms with E-state index in [1.807, 2.05) is 20.6 Å². The van der Waals surface area contributed by atoms with E-state index in [0.717, 1.165) is 7.11 Å². The maximum atomic E-state index is 8.00. The molecule has 0 radical (unpaired) electrons. The second-order valence-corrected chi connectivity index (χ2v) is 6.31. The van der Waals surface area contributed by atoms with Crippen molar-refractivity contribution in [2.75, 3.05) is 53.4 Å². The maximum Gasteiger partial charge on any atom is 0.106 e. The van der Waals surface area contributed by atoms with E-state index >= 15 is 0 Å². The van der Waals surface area contributed by atoms with Gasteiger partial charge in [-0.2, -0.15) is 0 Å². The van der Waals surface area contributed by atoms with Crippen LogP contribution in [-0.2, 0) is 23.7 Å². The molecule has 210 valence electrons. The predicted octanol–water partition coefficient (Wildman–Crippen LogP) is 7.78. The molecule has 0 heterocycles. The van der Waals surface area contributed by atoms with Crippen molar-refractivity contribution >= 4 is 6.79 Å². The molecule has 0 saturated carbocycles. The fourth-order valence-electron chi connectivity index (χ4n) is 1.70. The van der Waals surface area contributed by atoms with Crippen LogP contribution in [0.5, 0.6) is 0 Å². The van der Waals surface area contributed by atoms with Gasteiger partial charge in [-0.3, -0.25) is 0 Å². The number of ether oxygens (including phenoxy) is 4. The van der Waals surface area contributed by atoms with Gasteiger partial charge in [-0.15, -0.1) is 0 Å². The summed E-state index contributed by atoms with van der Waals surface area (Å²) >= 11 is 0. The van der Waals surface area contributed by atoms with Gasteiger partial charge < -0.3 is 28.8 Å². The molecule has 0 atom stereocenters. The Labute approximate surface area is 207 Å². The van der Waals surface area contributed by atoms with Crippen molar-refractivity contribution in [3.8, 4) is 0 Å². The van der Waals surface area contributed by atoms with Crippen molar-refractivity contribution in [1.82, 2.24) is 0 Å². The Morgan fingerprint density at radius 3 is 1.22 bits per heavy atom. The summed E-state index contributed by atoms with van der Waals surface area (Å²) in [4.78, 5) is 8.00. The van der Waals surface area contributed by atoms with Crippen LogP contribution in [0, 0.1) is 10.8 Å². The minimum atomic E-state index is -0.286. The van der Waals surface area contributed by atoms with E-state index in [9.17, 15) is 0 Å². The summed E-state index contributed by atoms with van der Waals surface area (Å²) in [6.07, 6.45) is 1.45. The smallest absolute Gasteiger partial charge is 0.106 e. The summed E-state index contributed by atoms with van der Waals surface area (Å²) in [7, 11) is 1.00. The molecule has 0 aliphatic rings. The molecule has 0 fully saturated rings. The van der Waals surface area contributed by atoms with Gasteiger partial charge in [0.05, 0.1) is 44.7 Å². The highest BCUT2D eigenvalue weighted by molar-refractivity contribution is 5.11. The van der Waals surface area contributed by atoms with Crippen LogP contribution in [0.4, 0.5) is 0 Å². The van der Waals surface area contributed by atoms with Gasteiger partial charge in [0.25, 0.3) is 0 Å². The van der Waals surface area contributed by atoms with Crippen molar-refractivity contribution < 1.29 is 28.8 Å². The number of rotatable bonds is 12. The van der Waals surface area contributed by atoms with E-state index in [4.69, 9.17) is 28.8 Å². The summed E-state index contributed by atoms with van der Waals surface area (Å²) in [5.41, 5.74) is -0.145. The Balaban J connectivity index is -0.0000000385. The van der Waals surface area contributed by atoms with Gasteiger partial charge in [0.1, 0.15) is 6.79 Å². The molecule has 0 aromatic heterocycles. The average molecular weight is 479 g/mol. The lowest BCUT2D eigenvalue weighted by Gasteiger charge is -2.33. The van der Waals surface area contributed by atoms with Crippen molar-refractivity contribution in [1.29, 1.82) is 0 Å². The van der Waals surface area contributed by atoms with E-state index in [-0.39, 0.29) is 70.2 Å². The minimum Gasteiger partial charge on any atom is -0.501 e. The van der Waals surface area contributed by atoms with Crippen molar-refractivity contribution in [3.63, 3.8) is 0 Å². The number of carbonyl (C=O) groups excluding carboxylic acids is 1. The zero-order valence-electron chi connectivity index (χ0n) is 16.4. The molecule has 0 amide bonds. The normalized spacial score (nSPS) is 8.09. The number of aliphatic hydroxyl groups is 1. The Kier molecular flexibility index (Phi) is 104. The second-order valence-electron chi connectivity index (χ2n) is 6.31. The molecular weight excluding hydrogens is 408 g/mol. The van der Waals surface area contributed by atoms with Crippen LogP contribution < -0.4 is 0 Å². The van der Waals surface area contributed by atoms with Gasteiger partial charge in [-0.25, -0.2) is 0 Å². The fraction of sp³-hybridized carbons (Fsp3) is 0.885. The molecule has 0 aromatic rings. The molecule has 6 heteroatoms. The number of hydrogen-bond acceptors (Lipinski definition) is 6. The first-order chi connectivity index (χ1) is 11.4. The van der Waals surface area contributed by atoms with E-state index in [1.54, 1.807) is 0 Å². The van der Waals surface area contributed by atoms with Crippen LogP contribution in [-0.4, -0.2) is 65.3 Å². The predicted molar refractivity (Wildman–Crippen MR) is 151 cm³/mol. The van der Waals surface area contributed by atoms with Crippen LogP contribution in [0.15, 0.2) is 12.8 Å². The Morgan fingerprint density at radius 1 is 0.656 bits per heavy atom. The van der Waals surface area contributed by atoms with E-state index < -0.39 is 0 Å². The summed E-state index contributed by atoms with van der Waals surface area (Å²) in [5.74, 6) is 0. The van der Waals surface area contributed by atoms with E-state index in [1.165, 1.54) is 6.26 Å². The monoisotopic (exact) mass is 479 g/mol. The maximum absolute atomic E-state index is 8.00. The lowest BCUT2D eigenvalue weighted by atomic mass is 9.91. The minimum absolute atomic E-state index is 0. The van der Waals surface area contributed by atoms with Crippen molar-refractivity contribution in [2.24, 2.45) is 10.8 Å². The zero-order valence-corrected chi connectivity index (χ0v) is 16.4. The molecule has 6 nitrogen and oxygen atoms in total. The molecule has 1 N–H and O–H groups in total. The standard InChI is InChI=1S/C16H32O4.CH4O.CH2O.8CH4/c1-7-17-11-16(12-18-8-2,13-19-9-3)14-20-10-15(4,5)6;2*1-2;;;;;;;;/h7H,1,8-14H2,2-6H3;2H,1H3;1H2;8*1H4. The van der Waals surface area contributed by atoms with Crippen LogP contribution in [0.25, 0.3) is 0 Å². The summed E-state index contributed by atoms with van der Waals surface area (Å²) in [5, 5.41) is 7.00. The Hall–Kier alpha value is -0.950. The molecule has 0 aromatic carbocycles. The highest BCUT2D eigenvalue weighted by atomic mass is 16.5. The second kappa shape index (κ2) is 47.7. The third-order valence-corrected chi connectivity index (χ3v) is 2.68. The first kappa shape index (κ1) is 69.7. The molecule has 32 heavy (non-hydrogen) atoms. The molecule has 0 bridgehead atoms. The van der Waals surface area contributed by atoms with Gasteiger partial charge >= 0.3 is 0 Å². The molecular formula is C26H70O6. The van der Waals surface area contributed by atoms with Crippen LogP contribution in [0.2, 0.25) is 0 Å². The SMILES string of the molecule is C.C.C.C.C.C.C.C.C=COCC(COCC)(COCC)COCC(C)(C)C.C=O.CO. The van der Waals surface area contributed by atoms with E-state index in [0.29, 0.717) is 46.2 Å². The highest BCUT2D eigenvalue weighted by Gasteiger charge is 2.33. The summed E-state index contributed by atoms with van der Waals surface area (Å²) in [6, 6.07) is 0. The summed E-state index contributed by atoms with van der Waals surface area (Å²) in [6.45, 7) is 20.2. The molecule has 0 aliphatic carbocycles. The quantitative estimate of drug-likeness (QED) is 0.289. The zero-order chi connectivity index (χ0) is 19.5. The third-order valence-electron chi connectivity index (χ3n) is 2.68. The van der Waals surface area contributed by atoms with Crippen LogP contribution in [0.1, 0.15) is 94.0 Å².